The van der Waals surface area contributed by atoms with Gasteiger partial charge in [0.2, 0.25) is 0 Å². The second kappa shape index (κ2) is 12.6. The average Bonchev–Trinajstić information content (AvgIpc) is 3.66. The third-order valence-electron chi connectivity index (χ3n) is 10.5. The Morgan fingerprint density at radius 2 is 0.745 bits per heavy atom. The normalized spacial score (nSPS) is 11.6. The molecule has 0 fully saturated rings. The van der Waals surface area contributed by atoms with Gasteiger partial charge in [-0.25, -0.2) is 19.9 Å². The van der Waals surface area contributed by atoms with Crippen molar-refractivity contribution in [2.24, 2.45) is 0 Å². The van der Waals surface area contributed by atoms with Crippen LogP contribution in [0.25, 0.3) is 106 Å². The maximum absolute atomic E-state index is 5.24. The third kappa shape index (κ3) is 5.41. The van der Waals surface area contributed by atoms with Crippen molar-refractivity contribution in [1.29, 1.82) is 0 Å². The fourth-order valence-electron chi connectivity index (χ4n) is 7.83. The summed E-state index contributed by atoms with van der Waals surface area (Å²) in [6.07, 6.45) is 0. The molecule has 3 heterocycles. The lowest BCUT2D eigenvalue weighted by Crippen LogP contribution is -2.00. The van der Waals surface area contributed by atoms with E-state index in [4.69, 9.17) is 19.9 Å². The number of para-hydroxylation sites is 3. The molecule has 5 heteroatoms. The van der Waals surface area contributed by atoms with E-state index in [0.717, 1.165) is 66.4 Å². The van der Waals surface area contributed by atoms with Crippen molar-refractivity contribution in [3.8, 4) is 56.5 Å². The van der Waals surface area contributed by atoms with Gasteiger partial charge in [-0.3, -0.25) is 0 Å². The third-order valence-corrected chi connectivity index (χ3v) is 10.5. The van der Waals surface area contributed by atoms with Crippen LogP contribution in [0.5, 0.6) is 0 Å². The van der Waals surface area contributed by atoms with E-state index in [9.17, 15) is 0 Å². The van der Waals surface area contributed by atoms with Crippen LogP contribution in [0, 0.1) is 0 Å². The van der Waals surface area contributed by atoms with Crippen molar-refractivity contribution in [1.82, 2.24) is 24.3 Å². The van der Waals surface area contributed by atoms with Gasteiger partial charge in [-0.15, -0.1) is 0 Å². The van der Waals surface area contributed by atoms with Crippen molar-refractivity contribution in [2.75, 3.05) is 0 Å². The molecule has 0 N–H and O–H groups in total. The quantitative estimate of drug-likeness (QED) is 0.179. The predicted octanol–water partition coefficient (Wildman–Crippen LogP) is 12.5. The molecule has 0 spiro atoms. The summed E-state index contributed by atoms with van der Waals surface area (Å²) in [5, 5.41) is 5.82. The van der Waals surface area contributed by atoms with Gasteiger partial charge in [0.15, 0.2) is 17.5 Å². The maximum atomic E-state index is 5.24. The van der Waals surface area contributed by atoms with Gasteiger partial charge in [0.05, 0.1) is 27.8 Å². The predicted molar refractivity (Wildman–Crippen MR) is 226 cm³/mol. The summed E-state index contributed by atoms with van der Waals surface area (Å²) in [6.45, 7) is 0. The first-order chi connectivity index (χ1) is 27.2. The SMILES string of the molecule is c1cc(-c2cccc(-c3nc4ccccc4n4c3cc3ccccc34)c2)cc(-c2nc(-c3ccc4ccccc4c3)nc(-c3ccc4ccccc4c3)n2)c1. The molecule has 0 saturated heterocycles. The summed E-state index contributed by atoms with van der Waals surface area (Å²) in [5.41, 5.74) is 11.3. The van der Waals surface area contributed by atoms with Crippen LogP contribution in [-0.4, -0.2) is 24.3 Å². The Kier molecular flexibility index (Phi) is 7.10. The number of fused-ring (bicyclic) bond motifs is 7. The molecule has 0 atom stereocenters. The Labute approximate surface area is 316 Å². The molecule has 0 aliphatic heterocycles. The molecule has 0 unspecified atom stereocenters. The van der Waals surface area contributed by atoms with Gasteiger partial charge in [0.25, 0.3) is 0 Å². The zero-order valence-corrected chi connectivity index (χ0v) is 29.6. The van der Waals surface area contributed by atoms with E-state index in [0.29, 0.717) is 17.5 Å². The Balaban J connectivity index is 1.05. The number of aromatic nitrogens is 5. The Morgan fingerprint density at radius 3 is 1.38 bits per heavy atom. The summed E-state index contributed by atoms with van der Waals surface area (Å²) in [6, 6.07) is 65.8. The molecular weight excluding hydrogens is 671 g/mol. The van der Waals surface area contributed by atoms with Crippen LogP contribution >= 0.6 is 0 Å². The fraction of sp³-hybridized carbons (Fsp3) is 0. The molecule has 11 rings (SSSR count). The van der Waals surface area contributed by atoms with Gasteiger partial charge in [0.1, 0.15) is 0 Å². The van der Waals surface area contributed by atoms with Gasteiger partial charge in [0, 0.05) is 27.6 Å². The molecule has 5 nitrogen and oxygen atoms in total. The summed E-state index contributed by atoms with van der Waals surface area (Å²) >= 11 is 0. The Bertz CT molecular complexity index is 3190. The first-order valence-electron chi connectivity index (χ1n) is 18.5. The molecule has 55 heavy (non-hydrogen) atoms. The van der Waals surface area contributed by atoms with E-state index in [2.05, 4.69) is 192 Å². The van der Waals surface area contributed by atoms with Crippen LogP contribution in [-0.2, 0) is 0 Å². The highest BCUT2D eigenvalue weighted by Gasteiger charge is 2.17. The Hall–Kier alpha value is -7.50. The first kappa shape index (κ1) is 31.1. The molecule has 0 amide bonds. The van der Waals surface area contributed by atoms with Crippen LogP contribution in [0.4, 0.5) is 0 Å². The van der Waals surface area contributed by atoms with Crippen LogP contribution in [0.15, 0.2) is 188 Å². The topological polar surface area (TPSA) is 56.0 Å². The van der Waals surface area contributed by atoms with E-state index in [1.165, 1.54) is 21.7 Å². The fourth-order valence-corrected chi connectivity index (χ4v) is 7.83. The number of nitrogens with zero attached hydrogens (tertiary/aromatic N) is 5. The molecule has 256 valence electrons. The molecule has 8 aromatic carbocycles. The van der Waals surface area contributed by atoms with E-state index in [1.54, 1.807) is 0 Å². The highest BCUT2D eigenvalue weighted by atomic mass is 15.0. The van der Waals surface area contributed by atoms with Crippen molar-refractivity contribution < 1.29 is 0 Å². The van der Waals surface area contributed by atoms with E-state index in [1.807, 2.05) is 0 Å². The van der Waals surface area contributed by atoms with Crippen LogP contribution in [0.2, 0.25) is 0 Å². The molecule has 0 bridgehead atoms. The van der Waals surface area contributed by atoms with Gasteiger partial charge < -0.3 is 4.40 Å². The summed E-state index contributed by atoms with van der Waals surface area (Å²) in [4.78, 5) is 20.5. The van der Waals surface area contributed by atoms with Crippen molar-refractivity contribution in [2.45, 2.75) is 0 Å². The van der Waals surface area contributed by atoms with E-state index >= 15 is 0 Å². The number of benzene rings is 8. The molecule has 0 saturated carbocycles. The largest absolute Gasteiger partial charge is 0.306 e. The zero-order chi connectivity index (χ0) is 36.3. The molecule has 11 aromatic rings. The lowest BCUT2D eigenvalue weighted by molar-refractivity contribution is 1.08. The summed E-state index contributed by atoms with van der Waals surface area (Å²) in [5.74, 6) is 1.90. The summed E-state index contributed by atoms with van der Waals surface area (Å²) < 4.78 is 2.33. The number of hydrogen-bond donors (Lipinski definition) is 0. The Morgan fingerprint density at radius 1 is 0.273 bits per heavy atom. The molecule has 0 radical (unpaired) electrons. The maximum Gasteiger partial charge on any atom is 0.164 e. The second-order valence-electron chi connectivity index (χ2n) is 14.0. The molecule has 3 aromatic heterocycles. The van der Waals surface area contributed by atoms with E-state index in [-0.39, 0.29) is 0 Å². The minimum Gasteiger partial charge on any atom is -0.306 e. The van der Waals surface area contributed by atoms with Crippen molar-refractivity contribution in [3.05, 3.63) is 188 Å². The number of rotatable bonds is 5. The lowest BCUT2D eigenvalue weighted by Gasteiger charge is -2.12. The van der Waals surface area contributed by atoms with Crippen molar-refractivity contribution >= 4 is 49.0 Å². The van der Waals surface area contributed by atoms with Gasteiger partial charge >= 0.3 is 0 Å². The minimum absolute atomic E-state index is 0.622. The standard InChI is InChI=1S/C50H31N5/c1-3-13-34-28-41(25-23-32(34)11-1)49-52-48(53-50(54-49)42-26-24-33-12-2-4-14-35(33)29-42)40-19-10-17-37(30-40)36-16-9-18-39(27-36)47-46-31-38-15-5-7-21-44(38)55(46)45-22-8-6-20-43(45)51-47/h1-31H. The van der Waals surface area contributed by atoms with Gasteiger partial charge in [-0.2, -0.15) is 0 Å². The number of hydrogen-bond acceptors (Lipinski definition) is 4. The first-order valence-corrected chi connectivity index (χ1v) is 18.5. The van der Waals surface area contributed by atoms with Crippen LogP contribution in [0.3, 0.4) is 0 Å². The highest BCUT2D eigenvalue weighted by molar-refractivity contribution is 5.99. The van der Waals surface area contributed by atoms with Gasteiger partial charge in [-0.1, -0.05) is 140 Å². The second-order valence-corrected chi connectivity index (χ2v) is 14.0. The van der Waals surface area contributed by atoms with E-state index < -0.39 is 0 Å². The molecular formula is C50H31N5. The summed E-state index contributed by atoms with van der Waals surface area (Å²) in [7, 11) is 0. The van der Waals surface area contributed by atoms with Crippen molar-refractivity contribution in [3.63, 3.8) is 0 Å². The molecule has 0 aliphatic carbocycles. The smallest absolute Gasteiger partial charge is 0.164 e. The average molecular weight is 702 g/mol. The van der Waals surface area contributed by atoms with Gasteiger partial charge in [-0.05, 0) is 81.2 Å². The zero-order valence-electron chi connectivity index (χ0n) is 29.6. The lowest BCUT2D eigenvalue weighted by atomic mass is 9.99. The van der Waals surface area contributed by atoms with Crippen LogP contribution < -0.4 is 0 Å². The van der Waals surface area contributed by atoms with Crippen LogP contribution in [0.1, 0.15) is 0 Å². The monoisotopic (exact) mass is 701 g/mol. The minimum atomic E-state index is 0.622. The highest BCUT2D eigenvalue weighted by Crippen LogP contribution is 2.35. The molecule has 0 aliphatic rings.